The third-order valence-corrected chi connectivity index (χ3v) is 4.27. The lowest BCUT2D eigenvalue weighted by molar-refractivity contribution is -0.143. The molecule has 1 fully saturated rings. The van der Waals surface area contributed by atoms with Gasteiger partial charge in [0.25, 0.3) is 0 Å². The molecule has 5 heteroatoms. The van der Waals surface area contributed by atoms with Gasteiger partial charge in [-0.25, -0.2) is 4.79 Å². The van der Waals surface area contributed by atoms with Crippen LogP contribution in [0.1, 0.15) is 39.7 Å². The number of carboxylic acids is 1. The summed E-state index contributed by atoms with van der Waals surface area (Å²) in [6, 6.07) is 7.53. The molecule has 1 aromatic carbocycles. The first kappa shape index (κ1) is 17.3. The van der Waals surface area contributed by atoms with Gasteiger partial charge in [0.15, 0.2) is 0 Å². The Bertz CT molecular complexity index is 592. The molecular formula is C18H26N2O3. The van der Waals surface area contributed by atoms with Gasteiger partial charge in [-0.05, 0) is 29.4 Å². The molecule has 1 aliphatic heterocycles. The van der Waals surface area contributed by atoms with Gasteiger partial charge in [0.1, 0.15) is 0 Å². The highest BCUT2D eigenvalue weighted by Gasteiger charge is 2.32. The van der Waals surface area contributed by atoms with Gasteiger partial charge in [-0.1, -0.05) is 45.9 Å². The Morgan fingerprint density at radius 3 is 2.48 bits per heavy atom. The molecule has 2 rings (SSSR count). The summed E-state index contributed by atoms with van der Waals surface area (Å²) in [7, 11) is 0. The third kappa shape index (κ3) is 4.24. The van der Waals surface area contributed by atoms with Crippen molar-refractivity contribution < 1.29 is 14.7 Å². The summed E-state index contributed by atoms with van der Waals surface area (Å²) in [6.07, 6.45) is 0.623. The Morgan fingerprint density at radius 1 is 1.22 bits per heavy atom. The van der Waals surface area contributed by atoms with Crippen LogP contribution in [0, 0.1) is 11.8 Å². The van der Waals surface area contributed by atoms with Gasteiger partial charge in [0, 0.05) is 18.8 Å². The number of urea groups is 1. The molecule has 0 aliphatic carbocycles. The van der Waals surface area contributed by atoms with E-state index < -0.39 is 11.9 Å². The third-order valence-electron chi connectivity index (χ3n) is 4.27. The molecule has 0 bridgehead atoms. The predicted molar refractivity (Wildman–Crippen MR) is 90.6 cm³/mol. The molecule has 2 amide bonds. The zero-order valence-electron chi connectivity index (χ0n) is 14.3. The zero-order valence-corrected chi connectivity index (χ0v) is 14.3. The van der Waals surface area contributed by atoms with Crippen LogP contribution in [-0.2, 0) is 10.2 Å². The van der Waals surface area contributed by atoms with Gasteiger partial charge in [0.05, 0.1) is 5.92 Å². The monoisotopic (exact) mass is 318 g/mol. The van der Waals surface area contributed by atoms with E-state index in [-0.39, 0.29) is 23.9 Å². The Labute approximate surface area is 137 Å². The average molecular weight is 318 g/mol. The van der Waals surface area contributed by atoms with E-state index in [0.29, 0.717) is 13.0 Å². The van der Waals surface area contributed by atoms with Gasteiger partial charge >= 0.3 is 12.0 Å². The van der Waals surface area contributed by atoms with Crippen LogP contribution in [-0.4, -0.2) is 35.1 Å². The number of para-hydroxylation sites is 1. The van der Waals surface area contributed by atoms with E-state index in [0.717, 1.165) is 11.3 Å². The number of likely N-dealkylation sites (tertiary alicyclic amines) is 1. The van der Waals surface area contributed by atoms with E-state index >= 15 is 0 Å². The van der Waals surface area contributed by atoms with Gasteiger partial charge < -0.3 is 15.3 Å². The molecule has 23 heavy (non-hydrogen) atoms. The summed E-state index contributed by atoms with van der Waals surface area (Å²) in [4.78, 5) is 25.5. The fourth-order valence-electron chi connectivity index (χ4n) is 3.14. The molecule has 2 N–H and O–H groups in total. The Kier molecular flexibility index (Phi) is 4.97. The lowest BCUT2D eigenvalue weighted by atomic mass is 9.86. The summed E-state index contributed by atoms with van der Waals surface area (Å²) in [6.45, 7) is 9.14. The van der Waals surface area contributed by atoms with Crippen LogP contribution in [0.3, 0.4) is 0 Å². The normalized spacial score (nSPS) is 21.8. The van der Waals surface area contributed by atoms with Crippen molar-refractivity contribution in [1.82, 2.24) is 4.90 Å². The van der Waals surface area contributed by atoms with Crippen molar-refractivity contribution in [1.29, 1.82) is 0 Å². The number of carboxylic acid groups (broad SMARTS) is 1. The van der Waals surface area contributed by atoms with E-state index in [1.165, 1.54) is 0 Å². The number of amides is 2. The number of rotatable bonds is 2. The number of nitrogens with zero attached hydrogens (tertiary/aromatic N) is 1. The number of hydrogen-bond acceptors (Lipinski definition) is 2. The molecule has 5 nitrogen and oxygen atoms in total. The molecule has 126 valence electrons. The number of carbonyl (C=O) groups excluding carboxylic acids is 1. The van der Waals surface area contributed by atoms with E-state index in [2.05, 4.69) is 26.1 Å². The minimum atomic E-state index is -0.829. The molecule has 2 atom stereocenters. The lowest BCUT2D eigenvalue weighted by Crippen LogP contribution is -2.47. The molecule has 1 heterocycles. The number of benzene rings is 1. The first-order valence-corrected chi connectivity index (χ1v) is 8.06. The standard InChI is InChI=1S/C18H26N2O3/c1-12-9-13(16(21)22)11-20(10-12)17(23)19-15-8-6-5-7-14(15)18(2,3)4/h5-8,12-13H,9-11H2,1-4H3,(H,19,23)(H,21,22). The quantitative estimate of drug-likeness (QED) is 0.876. The van der Waals surface area contributed by atoms with Gasteiger partial charge in [-0.15, -0.1) is 0 Å². The summed E-state index contributed by atoms with van der Waals surface area (Å²) < 4.78 is 0. The largest absolute Gasteiger partial charge is 0.481 e. The first-order chi connectivity index (χ1) is 10.7. The summed E-state index contributed by atoms with van der Waals surface area (Å²) >= 11 is 0. The second-order valence-corrected chi connectivity index (χ2v) is 7.51. The Balaban J connectivity index is 2.15. The molecule has 1 saturated heterocycles. The lowest BCUT2D eigenvalue weighted by Gasteiger charge is -2.35. The van der Waals surface area contributed by atoms with E-state index in [9.17, 15) is 14.7 Å². The van der Waals surface area contributed by atoms with E-state index in [4.69, 9.17) is 0 Å². The highest BCUT2D eigenvalue weighted by atomic mass is 16.4. The maximum absolute atomic E-state index is 12.6. The van der Waals surface area contributed by atoms with Gasteiger partial charge in [0.2, 0.25) is 0 Å². The van der Waals surface area contributed by atoms with Crippen molar-refractivity contribution in [3.8, 4) is 0 Å². The van der Waals surface area contributed by atoms with Crippen molar-refractivity contribution in [3.05, 3.63) is 29.8 Å². The first-order valence-electron chi connectivity index (χ1n) is 8.06. The number of carbonyl (C=O) groups is 2. The predicted octanol–water partition coefficient (Wildman–Crippen LogP) is 3.56. The maximum atomic E-state index is 12.6. The van der Waals surface area contributed by atoms with E-state index in [1.807, 2.05) is 31.2 Å². The summed E-state index contributed by atoms with van der Waals surface area (Å²) in [5.74, 6) is -1.12. The minimum absolute atomic E-state index is 0.0807. The number of piperidine rings is 1. The number of anilines is 1. The molecule has 2 unspecified atom stereocenters. The Hall–Kier alpha value is -2.04. The topological polar surface area (TPSA) is 69.6 Å². The average Bonchev–Trinajstić information content (AvgIpc) is 2.46. The molecule has 0 saturated carbocycles. The van der Waals surface area contributed by atoms with Crippen molar-refractivity contribution in [2.45, 2.75) is 39.5 Å². The van der Waals surface area contributed by atoms with E-state index in [1.54, 1.807) is 4.90 Å². The second-order valence-electron chi connectivity index (χ2n) is 7.51. The van der Waals surface area contributed by atoms with Gasteiger partial charge in [-0.3, -0.25) is 4.79 Å². The molecule has 0 spiro atoms. The maximum Gasteiger partial charge on any atom is 0.321 e. The minimum Gasteiger partial charge on any atom is -0.481 e. The fourth-order valence-corrected chi connectivity index (χ4v) is 3.14. The zero-order chi connectivity index (χ0) is 17.2. The van der Waals surface area contributed by atoms with Crippen LogP contribution in [0.2, 0.25) is 0 Å². The van der Waals surface area contributed by atoms with Crippen LogP contribution >= 0.6 is 0 Å². The molecule has 0 radical (unpaired) electrons. The number of hydrogen-bond donors (Lipinski definition) is 2. The summed E-state index contributed by atoms with van der Waals surface area (Å²) in [5, 5.41) is 12.2. The van der Waals surface area contributed by atoms with Crippen molar-refractivity contribution in [2.24, 2.45) is 11.8 Å². The highest BCUT2D eigenvalue weighted by Crippen LogP contribution is 2.30. The SMILES string of the molecule is CC1CC(C(=O)O)CN(C(=O)Nc2ccccc2C(C)(C)C)C1. The number of nitrogens with one attached hydrogen (secondary N) is 1. The van der Waals surface area contributed by atoms with Crippen molar-refractivity contribution in [3.63, 3.8) is 0 Å². The van der Waals surface area contributed by atoms with Crippen LogP contribution in [0.4, 0.5) is 10.5 Å². The molecule has 1 aromatic rings. The van der Waals surface area contributed by atoms with Crippen LogP contribution < -0.4 is 5.32 Å². The molecule has 1 aliphatic rings. The Morgan fingerprint density at radius 2 is 1.87 bits per heavy atom. The fraction of sp³-hybridized carbons (Fsp3) is 0.556. The van der Waals surface area contributed by atoms with Crippen LogP contribution in [0.15, 0.2) is 24.3 Å². The number of aliphatic carboxylic acids is 1. The second kappa shape index (κ2) is 6.60. The summed E-state index contributed by atoms with van der Waals surface area (Å²) in [5.41, 5.74) is 1.77. The smallest absolute Gasteiger partial charge is 0.321 e. The van der Waals surface area contributed by atoms with Crippen molar-refractivity contribution >= 4 is 17.7 Å². The highest BCUT2D eigenvalue weighted by molar-refractivity contribution is 5.90. The van der Waals surface area contributed by atoms with Crippen LogP contribution in [0.25, 0.3) is 0 Å². The van der Waals surface area contributed by atoms with Gasteiger partial charge in [-0.2, -0.15) is 0 Å². The molecule has 0 aromatic heterocycles. The van der Waals surface area contributed by atoms with Crippen LogP contribution in [0.5, 0.6) is 0 Å². The van der Waals surface area contributed by atoms with Crippen molar-refractivity contribution in [2.75, 3.05) is 18.4 Å². The molecular weight excluding hydrogens is 292 g/mol.